The molecule has 0 radical (unpaired) electrons. The number of para-hydroxylation sites is 1. The highest BCUT2D eigenvalue weighted by molar-refractivity contribution is 6.01. The number of benzene rings is 2. The highest BCUT2D eigenvalue weighted by atomic mass is 16.3. The number of rotatable bonds is 7. The minimum atomic E-state index is 0.0567. The highest BCUT2D eigenvalue weighted by Gasteiger charge is 2.46. The molecule has 2 aromatic rings. The normalized spacial score (nSPS) is 26.9. The molecule has 5 heteroatoms. The number of hydrogen-bond acceptors (Lipinski definition) is 4. The Bertz CT molecular complexity index is 1090. The minimum Gasteiger partial charge on any atom is -0.508 e. The second-order valence-electron chi connectivity index (χ2n) is 11.4. The number of aromatic hydroxyl groups is 1. The van der Waals surface area contributed by atoms with Crippen LogP contribution in [0.4, 0.5) is 5.69 Å². The van der Waals surface area contributed by atoms with Gasteiger partial charge in [0.15, 0.2) is 0 Å². The Morgan fingerprint density at radius 1 is 1.08 bits per heavy atom. The van der Waals surface area contributed by atoms with Crippen LogP contribution in [0.5, 0.6) is 5.75 Å². The molecule has 1 aliphatic carbocycles. The molecule has 1 N–H and O–H groups in total. The second-order valence-corrected chi connectivity index (χ2v) is 11.4. The van der Waals surface area contributed by atoms with Crippen molar-refractivity contribution in [3.8, 4) is 5.75 Å². The van der Waals surface area contributed by atoms with Crippen LogP contribution in [-0.4, -0.2) is 66.1 Å². The lowest BCUT2D eigenvalue weighted by molar-refractivity contribution is -0.118. The Hall–Kier alpha value is -2.37. The van der Waals surface area contributed by atoms with Gasteiger partial charge in [-0.25, -0.2) is 0 Å². The van der Waals surface area contributed by atoms with Gasteiger partial charge in [-0.3, -0.25) is 4.79 Å². The molecule has 5 rings (SSSR count). The molecule has 2 aromatic carbocycles. The first-order valence-corrected chi connectivity index (χ1v) is 14.0. The zero-order valence-corrected chi connectivity index (χ0v) is 22.5. The number of amides is 1. The van der Waals surface area contributed by atoms with Gasteiger partial charge < -0.3 is 19.8 Å². The van der Waals surface area contributed by atoms with Crippen molar-refractivity contribution in [3.05, 3.63) is 59.2 Å². The van der Waals surface area contributed by atoms with E-state index in [0.717, 1.165) is 64.0 Å². The van der Waals surface area contributed by atoms with Gasteiger partial charge in [-0.15, -0.1) is 0 Å². The van der Waals surface area contributed by atoms with Crippen LogP contribution in [0.3, 0.4) is 0 Å². The fourth-order valence-corrected chi connectivity index (χ4v) is 7.48. The van der Waals surface area contributed by atoms with Gasteiger partial charge in [0.1, 0.15) is 5.75 Å². The molecule has 0 saturated carbocycles. The molecule has 0 bridgehead atoms. The third-order valence-corrected chi connectivity index (χ3v) is 9.86. The number of phenols is 1. The number of fused-ring (bicyclic) bond motifs is 2. The van der Waals surface area contributed by atoms with Crippen LogP contribution in [0.15, 0.2) is 42.5 Å². The Balaban J connectivity index is 1.30. The maximum absolute atomic E-state index is 12.8. The number of hydrogen-bond donors (Lipinski definition) is 1. The van der Waals surface area contributed by atoms with Crippen LogP contribution >= 0.6 is 0 Å². The van der Waals surface area contributed by atoms with E-state index < -0.39 is 0 Å². The number of phenolic OH excluding ortho intramolecular Hbond substituents is 1. The maximum atomic E-state index is 12.8. The summed E-state index contributed by atoms with van der Waals surface area (Å²) in [6.45, 7) is 11.2. The average molecular weight is 490 g/mol. The van der Waals surface area contributed by atoms with E-state index in [9.17, 15) is 9.90 Å². The molecule has 0 aromatic heterocycles. The van der Waals surface area contributed by atoms with Gasteiger partial charge in [0, 0.05) is 36.3 Å². The van der Waals surface area contributed by atoms with E-state index in [-0.39, 0.29) is 11.3 Å². The zero-order valence-electron chi connectivity index (χ0n) is 22.5. The number of anilines is 1. The van der Waals surface area contributed by atoms with Crippen LogP contribution < -0.4 is 4.90 Å². The Morgan fingerprint density at radius 3 is 2.56 bits per heavy atom. The summed E-state index contributed by atoms with van der Waals surface area (Å²) in [5.74, 6) is 1.16. The molecule has 194 valence electrons. The molecule has 3 atom stereocenters. The van der Waals surface area contributed by atoms with Gasteiger partial charge in [0.2, 0.25) is 5.91 Å². The molecule has 3 aliphatic rings. The summed E-state index contributed by atoms with van der Waals surface area (Å²) < 4.78 is 0. The van der Waals surface area contributed by atoms with Gasteiger partial charge >= 0.3 is 0 Å². The maximum Gasteiger partial charge on any atom is 0.231 e. The standard InChI is InChI=1S/C31H43N3O2/c1-5-31(22(3)29(32(4)6-2)19-23-11-12-26(35)21-27(23)31)15-18-33-16-13-25(14-17-33)34-28-10-8-7-9-24(28)20-30(34)36/h7-12,21-22,25,29,35H,5-6,13-20H2,1-4H3/t22-,29?,31+/m0/s1. The highest BCUT2D eigenvalue weighted by Crippen LogP contribution is 2.49. The number of carbonyl (C=O) groups excluding carboxylic acids is 1. The van der Waals surface area contributed by atoms with Crippen molar-refractivity contribution in [2.75, 3.05) is 38.1 Å². The van der Waals surface area contributed by atoms with E-state index in [0.29, 0.717) is 30.2 Å². The van der Waals surface area contributed by atoms with Crippen LogP contribution in [-0.2, 0) is 23.1 Å². The largest absolute Gasteiger partial charge is 0.508 e. The SMILES string of the molecule is CCN(C)C1Cc2ccc(O)cc2[C@](CC)(CCN2CCC(N3C(=O)Cc4ccccc43)CC2)[C@H]1C. The Labute approximate surface area is 217 Å². The smallest absolute Gasteiger partial charge is 0.231 e. The number of piperidine rings is 1. The van der Waals surface area contributed by atoms with Gasteiger partial charge in [-0.05, 0) is 93.0 Å². The summed E-state index contributed by atoms with van der Waals surface area (Å²) in [4.78, 5) is 20.0. The van der Waals surface area contributed by atoms with Crippen molar-refractivity contribution in [1.82, 2.24) is 9.80 Å². The molecular weight excluding hydrogens is 446 g/mol. The van der Waals surface area contributed by atoms with Crippen molar-refractivity contribution in [3.63, 3.8) is 0 Å². The lowest BCUT2D eigenvalue weighted by Gasteiger charge is -2.51. The lowest BCUT2D eigenvalue weighted by Crippen LogP contribution is -2.53. The van der Waals surface area contributed by atoms with E-state index in [4.69, 9.17) is 0 Å². The van der Waals surface area contributed by atoms with E-state index in [1.165, 1.54) is 16.7 Å². The third kappa shape index (κ3) is 4.35. The van der Waals surface area contributed by atoms with Gasteiger partial charge in [-0.2, -0.15) is 0 Å². The Kier molecular flexibility index (Phi) is 7.15. The first-order valence-electron chi connectivity index (χ1n) is 14.0. The van der Waals surface area contributed by atoms with E-state index in [1.54, 1.807) is 0 Å². The molecule has 1 saturated heterocycles. The fraction of sp³-hybridized carbons (Fsp3) is 0.581. The summed E-state index contributed by atoms with van der Waals surface area (Å²) in [6, 6.07) is 15.2. The monoisotopic (exact) mass is 489 g/mol. The van der Waals surface area contributed by atoms with Crippen LogP contribution in [0.2, 0.25) is 0 Å². The molecule has 2 heterocycles. The summed E-state index contributed by atoms with van der Waals surface area (Å²) in [6.07, 6.45) is 5.85. The number of carbonyl (C=O) groups is 1. The number of likely N-dealkylation sites (tertiary alicyclic amines) is 1. The molecule has 1 fully saturated rings. The predicted octanol–water partition coefficient (Wildman–Crippen LogP) is 5.00. The number of nitrogens with zero attached hydrogens (tertiary/aromatic N) is 3. The molecule has 0 spiro atoms. The van der Waals surface area contributed by atoms with Crippen molar-refractivity contribution < 1.29 is 9.90 Å². The fourth-order valence-electron chi connectivity index (χ4n) is 7.48. The molecule has 5 nitrogen and oxygen atoms in total. The lowest BCUT2D eigenvalue weighted by atomic mass is 9.58. The zero-order chi connectivity index (χ0) is 25.4. The molecular formula is C31H43N3O2. The third-order valence-electron chi connectivity index (χ3n) is 9.86. The van der Waals surface area contributed by atoms with Crippen LogP contribution in [0.25, 0.3) is 0 Å². The molecule has 1 unspecified atom stereocenters. The van der Waals surface area contributed by atoms with Gasteiger partial charge in [0.25, 0.3) is 0 Å². The predicted molar refractivity (Wildman–Crippen MR) is 147 cm³/mol. The van der Waals surface area contributed by atoms with Crippen molar-refractivity contribution in [2.24, 2.45) is 5.92 Å². The molecule has 36 heavy (non-hydrogen) atoms. The number of likely N-dealkylation sites (N-methyl/N-ethyl adjacent to an activating group) is 1. The van der Waals surface area contributed by atoms with Gasteiger partial charge in [-0.1, -0.05) is 45.0 Å². The summed E-state index contributed by atoms with van der Waals surface area (Å²) >= 11 is 0. The first-order chi connectivity index (χ1) is 17.4. The van der Waals surface area contributed by atoms with Crippen molar-refractivity contribution in [2.45, 2.75) is 76.8 Å². The topological polar surface area (TPSA) is 47.0 Å². The summed E-state index contributed by atoms with van der Waals surface area (Å²) in [5.41, 5.74) is 5.13. The summed E-state index contributed by atoms with van der Waals surface area (Å²) in [5, 5.41) is 10.4. The molecule has 1 amide bonds. The summed E-state index contributed by atoms with van der Waals surface area (Å²) in [7, 11) is 2.26. The van der Waals surface area contributed by atoms with Crippen LogP contribution in [0, 0.1) is 5.92 Å². The van der Waals surface area contributed by atoms with Crippen LogP contribution in [0.1, 0.15) is 63.1 Å². The van der Waals surface area contributed by atoms with E-state index in [2.05, 4.69) is 66.8 Å². The van der Waals surface area contributed by atoms with Crippen molar-refractivity contribution >= 4 is 11.6 Å². The van der Waals surface area contributed by atoms with Gasteiger partial charge in [0.05, 0.1) is 6.42 Å². The molecule has 2 aliphatic heterocycles. The first kappa shape index (κ1) is 25.3. The van der Waals surface area contributed by atoms with E-state index in [1.807, 2.05) is 18.2 Å². The quantitative estimate of drug-likeness (QED) is 0.595. The average Bonchev–Trinajstić information content (AvgIpc) is 3.24. The Morgan fingerprint density at radius 2 is 1.83 bits per heavy atom. The second kappa shape index (κ2) is 10.2. The van der Waals surface area contributed by atoms with Crippen molar-refractivity contribution in [1.29, 1.82) is 0 Å². The minimum absolute atomic E-state index is 0.0567. The van der Waals surface area contributed by atoms with E-state index >= 15 is 0 Å².